The summed E-state index contributed by atoms with van der Waals surface area (Å²) in [5.74, 6) is 0.182. The molecule has 2 atom stereocenters. The first-order valence-electron chi connectivity index (χ1n) is 9.08. The van der Waals surface area contributed by atoms with Gasteiger partial charge in [-0.3, -0.25) is 4.79 Å². The number of aromatic nitrogens is 2. The Hall–Kier alpha value is -2.58. The molecule has 152 valence electrons. The van der Waals surface area contributed by atoms with Crippen molar-refractivity contribution in [2.45, 2.75) is 50.8 Å². The molecule has 0 spiro atoms. The van der Waals surface area contributed by atoms with Gasteiger partial charge in [0, 0.05) is 19.0 Å². The summed E-state index contributed by atoms with van der Waals surface area (Å²) in [5.41, 5.74) is 1.09. The van der Waals surface area contributed by atoms with Gasteiger partial charge in [-0.2, -0.15) is 18.2 Å². The third-order valence-corrected chi connectivity index (χ3v) is 4.60. The molecule has 0 aliphatic carbocycles. The second-order valence-electron chi connectivity index (χ2n) is 7.30. The Kier molecular flexibility index (Phi) is 5.90. The average molecular weight is 397 g/mol. The van der Waals surface area contributed by atoms with Crippen molar-refractivity contribution in [2.75, 3.05) is 13.1 Å². The maximum absolute atomic E-state index is 12.5. The van der Waals surface area contributed by atoms with Gasteiger partial charge in [0.1, 0.15) is 0 Å². The van der Waals surface area contributed by atoms with Crippen LogP contribution < -0.4 is 4.74 Å². The monoisotopic (exact) mass is 397 g/mol. The standard InChI is InChI=1S/C19H22F3N3O3/c1-12(2)27-18-23-17(28-24-18)16-7-15(9-25(10-16)11-26)14-5-3-13(4-6-14)8-19(20,21)22/h3-6,11-12,15-16H,7-10H2,1-2H3. The van der Waals surface area contributed by atoms with Gasteiger partial charge in [-0.15, -0.1) is 0 Å². The van der Waals surface area contributed by atoms with E-state index in [2.05, 4.69) is 10.1 Å². The van der Waals surface area contributed by atoms with Crippen molar-refractivity contribution in [3.8, 4) is 6.01 Å². The van der Waals surface area contributed by atoms with Crippen LogP contribution in [0.2, 0.25) is 0 Å². The predicted molar refractivity (Wildman–Crippen MR) is 94.0 cm³/mol. The highest BCUT2D eigenvalue weighted by Crippen LogP contribution is 2.35. The molecule has 1 saturated heterocycles. The smallest absolute Gasteiger partial charge is 0.393 e. The maximum Gasteiger partial charge on any atom is 0.393 e. The molecule has 0 radical (unpaired) electrons. The molecule has 2 aromatic rings. The van der Waals surface area contributed by atoms with E-state index < -0.39 is 12.6 Å². The molecule has 28 heavy (non-hydrogen) atoms. The number of hydrogen-bond acceptors (Lipinski definition) is 5. The molecule has 2 heterocycles. The summed E-state index contributed by atoms with van der Waals surface area (Å²) in [5, 5.41) is 3.80. The summed E-state index contributed by atoms with van der Waals surface area (Å²) < 4.78 is 48.3. The molecular formula is C19H22F3N3O3. The van der Waals surface area contributed by atoms with Crippen molar-refractivity contribution >= 4 is 6.41 Å². The molecule has 0 N–H and O–H groups in total. The maximum atomic E-state index is 12.5. The zero-order valence-electron chi connectivity index (χ0n) is 15.6. The van der Waals surface area contributed by atoms with Crippen LogP contribution in [0.3, 0.4) is 0 Å². The van der Waals surface area contributed by atoms with Crippen LogP contribution in [0.1, 0.15) is 49.1 Å². The fraction of sp³-hybridized carbons (Fsp3) is 0.526. The number of benzene rings is 1. The minimum atomic E-state index is -4.24. The highest BCUT2D eigenvalue weighted by Gasteiger charge is 2.33. The van der Waals surface area contributed by atoms with Crippen LogP contribution >= 0.6 is 0 Å². The second kappa shape index (κ2) is 8.20. The molecule has 2 unspecified atom stereocenters. The highest BCUT2D eigenvalue weighted by atomic mass is 19.4. The lowest BCUT2D eigenvalue weighted by Gasteiger charge is -2.34. The molecule has 1 amide bonds. The zero-order chi connectivity index (χ0) is 20.3. The summed E-state index contributed by atoms with van der Waals surface area (Å²) in [6.07, 6.45) is -3.88. The average Bonchev–Trinajstić information content (AvgIpc) is 3.08. The number of carbonyl (C=O) groups is 1. The van der Waals surface area contributed by atoms with Crippen LogP contribution in [0.25, 0.3) is 0 Å². The van der Waals surface area contributed by atoms with Gasteiger partial charge in [-0.25, -0.2) is 0 Å². The van der Waals surface area contributed by atoms with Crippen LogP contribution in [0.5, 0.6) is 6.01 Å². The van der Waals surface area contributed by atoms with Gasteiger partial charge in [-0.05, 0) is 36.6 Å². The van der Waals surface area contributed by atoms with E-state index in [1.54, 1.807) is 17.0 Å². The number of ether oxygens (including phenoxy) is 1. The van der Waals surface area contributed by atoms with Gasteiger partial charge in [0.15, 0.2) is 0 Å². The summed E-state index contributed by atoms with van der Waals surface area (Å²) in [4.78, 5) is 17.3. The van der Waals surface area contributed by atoms with Crippen LogP contribution in [-0.4, -0.2) is 46.8 Å². The van der Waals surface area contributed by atoms with Crippen molar-refractivity contribution in [1.29, 1.82) is 0 Å². The Morgan fingerprint density at radius 3 is 2.54 bits per heavy atom. The quantitative estimate of drug-likeness (QED) is 0.696. The second-order valence-corrected chi connectivity index (χ2v) is 7.30. The van der Waals surface area contributed by atoms with Crippen molar-refractivity contribution in [3.05, 3.63) is 41.3 Å². The Labute approximate surface area is 160 Å². The van der Waals surface area contributed by atoms with Gasteiger partial charge in [0.05, 0.1) is 18.4 Å². The van der Waals surface area contributed by atoms with Crippen LogP contribution in [0, 0.1) is 0 Å². The highest BCUT2D eigenvalue weighted by molar-refractivity contribution is 5.48. The number of likely N-dealkylation sites (tertiary alicyclic amines) is 1. The predicted octanol–water partition coefficient (Wildman–Crippen LogP) is 3.69. The molecule has 9 heteroatoms. The number of alkyl halides is 3. The summed E-state index contributed by atoms with van der Waals surface area (Å²) in [6, 6.07) is 6.51. The number of amides is 1. The molecular weight excluding hydrogens is 375 g/mol. The van der Waals surface area contributed by atoms with E-state index in [0.29, 0.717) is 25.4 Å². The molecule has 1 aromatic heterocycles. The molecule has 1 aliphatic rings. The third kappa shape index (κ3) is 5.24. The minimum Gasteiger partial charge on any atom is -0.459 e. The van der Waals surface area contributed by atoms with Gasteiger partial charge < -0.3 is 14.2 Å². The number of nitrogens with zero attached hydrogens (tertiary/aromatic N) is 3. The Balaban J connectivity index is 1.74. The molecule has 6 nitrogen and oxygen atoms in total. The zero-order valence-corrected chi connectivity index (χ0v) is 15.6. The van der Waals surface area contributed by atoms with Crippen molar-refractivity contribution < 1.29 is 27.2 Å². The number of piperidine rings is 1. The Morgan fingerprint density at radius 1 is 1.25 bits per heavy atom. The number of hydrogen-bond donors (Lipinski definition) is 0. The largest absolute Gasteiger partial charge is 0.459 e. The normalized spacial score (nSPS) is 20.4. The lowest BCUT2D eigenvalue weighted by Crippen LogP contribution is -2.37. The van der Waals surface area contributed by atoms with Crippen molar-refractivity contribution in [3.63, 3.8) is 0 Å². The molecule has 0 saturated carbocycles. The topological polar surface area (TPSA) is 68.5 Å². The fourth-order valence-corrected chi connectivity index (χ4v) is 3.42. The lowest BCUT2D eigenvalue weighted by molar-refractivity contribution is -0.127. The third-order valence-electron chi connectivity index (χ3n) is 4.60. The summed E-state index contributed by atoms with van der Waals surface area (Å²) in [6.45, 7) is 4.63. The van der Waals surface area contributed by atoms with Crippen molar-refractivity contribution in [2.24, 2.45) is 0 Å². The minimum absolute atomic E-state index is 0.0368. The van der Waals surface area contributed by atoms with Gasteiger partial charge in [-0.1, -0.05) is 24.3 Å². The van der Waals surface area contributed by atoms with Crippen LogP contribution in [0.4, 0.5) is 13.2 Å². The summed E-state index contributed by atoms with van der Waals surface area (Å²) in [7, 11) is 0. The molecule has 1 fully saturated rings. The Bertz CT molecular complexity index is 790. The van der Waals surface area contributed by atoms with E-state index in [1.165, 1.54) is 12.1 Å². The van der Waals surface area contributed by atoms with E-state index in [0.717, 1.165) is 12.0 Å². The van der Waals surface area contributed by atoms with Gasteiger partial charge in [0.2, 0.25) is 12.3 Å². The van der Waals surface area contributed by atoms with Gasteiger partial charge >= 0.3 is 12.2 Å². The van der Waals surface area contributed by atoms with Crippen LogP contribution in [0.15, 0.2) is 28.8 Å². The molecule has 1 aromatic carbocycles. The van der Waals surface area contributed by atoms with E-state index in [9.17, 15) is 18.0 Å². The summed E-state index contributed by atoms with van der Waals surface area (Å²) >= 11 is 0. The fourth-order valence-electron chi connectivity index (χ4n) is 3.42. The first-order chi connectivity index (χ1) is 13.2. The number of halogens is 3. The number of carbonyl (C=O) groups excluding carboxylic acids is 1. The molecule has 0 bridgehead atoms. The van der Waals surface area contributed by atoms with E-state index in [4.69, 9.17) is 9.26 Å². The Morgan fingerprint density at radius 2 is 1.93 bits per heavy atom. The SMILES string of the molecule is CC(C)Oc1noc(C2CC(c3ccc(CC(F)(F)F)cc3)CN(C=O)C2)n1. The molecule has 3 rings (SSSR count). The first-order valence-corrected chi connectivity index (χ1v) is 9.08. The van der Waals surface area contributed by atoms with E-state index in [-0.39, 0.29) is 29.5 Å². The van der Waals surface area contributed by atoms with E-state index in [1.807, 2.05) is 13.8 Å². The lowest BCUT2D eigenvalue weighted by atomic mass is 9.84. The molecule has 1 aliphatic heterocycles. The van der Waals surface area contributed by atoms with Crippen molar-refractivity contribution in [1.82, 2.24) is 15.0 Å². The van der Waals surface area contributed by atoms with Gasteiger partial charge in [0.25, 0.3) is 0 Å². The van der Waals surface area contributed by atoms with Crippen LogP contribution in [-0.2, 0) is 11.2 Å². The van der Waals surface area contributed by atoms with E-state index >= 15 is 0 Å². The number of rotatable bonds is 6. The first kappa shape index (κ1) is 20.2.